The number of hydrogen-bond donors (Lipinski definition) is 3. The van der Waals surface area contributed by atoms with E-state index in [1.54, 1.807) is 0 Å². The highest BCUT2D eigenvalue weighted by Gasteiger charge is 2.26. The lowest BCUT2D eigenvalue weighted by Crippen LogP contribution is -2.32. The van der Waals surface area contributed by atoms with Crippen molar-refractivity contribution in [3.63, 3.8) is 0 Å². The molecule has 0 bridgehead atoms. The van der Waals surface area contributed by atoms with E-state index >= 15 is 0 Å². The highest BCUT2D eigenvalue weighted by atomic mass is 16.5. The van der Waals surface area contributed by atoms with E-state index in [0.29, 0.717) is 18.9 Å². The van der Waals surface area contributed by atoms with E-state index < -0.39 is 6.10 Å². The summed E-state index contributed by atoms with van der Waals surface area (Å²) in [7, 11) is 0. The first-order valence-electron chi connectivity index (χ1n) is 4.64. The fraction of sp³-hybridized carbons (Fsp3) is 0.400. The third kappa shape index (κ3) is 1.81. The van der Waals surface area contributed by atoms with Crippen LogP contribution in [0.1, 0.15) is 0 Å². The molecule has 14 heavy (non-hydrogen) atoms. The van der Waals surface area contributed by atoms with E-state index in [0.717, 1.165) is 5.69 Å². The number of nitrogens with one attached hydrogen (secondary N) is 1. The first-order chi connectivity index (χ1) is 6.77. The molecule has 76 valence electrons. The van der Waals surface area contributed by atoms with Gasteiger partial charge < -0.3 is 20.9 Å². The topological polar surface area (TPSA) is 67.5 Å². The van der Waals surface area contributed by atoms with E-state index in [1.807, 2.05) is 24.3 Å². The molecule has 1 aliphatic rings. The average Bonchev–Trinajstić information content (AvgIpc) is 2.56. The minimum absolute atomic E-state index is 0.0558. The number of nitrogens with two attached hydrogens (primary N) is 1. The van der Waals surface area contributed by atoms with Crippen molar-refractivity contribution in [1.29, 1.82) is 0 Å². The summed E-state index contributed by atoms with van der Waals surface area (Å²) < 4.78 is 5.13. The number of ether oxygens (including phenoxy) is 1. The maximum absolute atomic E-state index is 9.51. The van der Waals surface area contributed by atoms with Gasteiger partial charge in [0.25, 0.3) is 0 Å². The Morgan fingerprint density at radius 2 is 2.14 bits per heavy atom. The normalized spacial score (nSPS) is 26.4. The van der Waals surface area contributed by atoms with Gasteiger partial charge in [-0.15, -0.1) is 0 Å². The molecule has 0 aliphatic carbocycles. The Kier molecular flexibility index (Phi) is 2.56. The van der Waals surface area contributed by atoms with E-state index in [4.69, 9.17) is 10.5 Å². The van der Waals surface area contributed by atoms with Crippen molar-refractivity contribution in [1.82, 2.24) is 0 Å². The molecule has 0 radical (unpaired) electrons. The smallest absolute Gasteiger partial charge is 0.0996 e. The first-order valence-corrected chi connectivity index (χ1v) is 4.64. The molecule has 1 aliphatic heterocycles. The lowest BCUT2D eigenvalue weighted by molar-refractivity contribution is 0.125. The summed E-state index contributed by atoms with van der Waals surface area (Å²) in [5.41, 5.74) is 7.29. The van der Waals surface area contributed by atoms with Gasteiger partial charge in [-0.3, -0.25) is 0 Å². The van der Waals surface area contributed by atoms with Crippen molar-refractivity contribution in [3.8, 4) is 0 Å². The van der Waals surface area contributed by atoms with Crippen LogP contribution in [0.25, 0.3) is 0 Å². The maximum Gasteiger partial charge on any atom is 0.0996 e. The Balaban J connectivity index is 2.07. The molecule has 0 amide bonds. The second-order valence-corrected chi connectivity index (χ2v) is 3.44. The van der Waals surface area contributed by atoms with Crippen molar-refractivity contribution in [2.75, 3.05) is 24.3 Å². The van der Waals surface area contributed by atoms with Gasteiger partial charge >= 0.3 is 0 Å². The van der Waals surface area contributed by atoms with Crippen LogP contribution in [-0.2, 0) is 4.74 Å². The minimum Gasteiger partial charge on any atom is -0.397 e. The molecule has 2 rings (SSSR count). The molecular weight excluding hydrogens is 180 g/mol. The molecule has 1 fully saturated rings. The number of hydrogen-bond acceptors (Lipinski definition) is 4. The predicted molar refractivity (Wildman–Crippen MR) is 55.1 cm³/mol. The lowest BCUT2D eigenvalue weighted by Gasteiger charge is -2.17. The van der Waals surface area contributed by atoms with Crippen molar-refractivity contribution < 1.29 is 9.84 Å². The highest BCUT2D eigenvalue weighted by Crippen LogP contribution is 2.20. The number of anilines is 2. The molecule has 1 saturated heterocycles. The molecule has 0 spiro atoms. The number of para-hydroxylation sites is 2. The van der Waals surface area contributed by atoms with Crippen LogP contribution in [0, 0.1) is 0 Å². The molecule has 0 saturated carbocycles. The maximum atomic E-state index is 9.51. The summed E-state index contributed by atoms with van der Waals surface area (Å²) in [5.74, 6) is 0. The van der Waals surface area contributed by atoms with Crippen molar-refractivity contribution in [2.24, 2.45) is 0 Å². The molecule has 1 heterocycles. The van der Waals surface area contributed by atoms with Gasteiger partial charge in [0.15, 0.2) is 0 Å². The van der Waals surface area contributed by atoms with Crippen molar-refractivity contribution >= 4 is 11.4 Å². The summed E-state index contributed by atoms with van der Waals surface area (Å²) >= 11 is 0. The second kappa shape index (κ2) is 3.86. The Morgan fingerprint density at radius 1 is 1.36 bits per heavy atom. The van der Waals surface area contributed by atoms with Crippen LogP contribution in [0.5, 0.6) is 0 Å². The van der Waals surface area contributed by atoms with Crippen LogP contribution in [0.3, 0.4) is 0 Å². The fourth-order valence-corrected chi connectivity index (χ4v) is 1.51. The molecule has 1 aromatic rings. The summed E-state index contributed by atoms with van der Waals surface area (Å²) in [4.78, 5) is 0. The Morgan fingerprint density at radius 3 is 2.79 bits per heavy atom. The number of benzene rings is 1. The number of aliphatic hydroxyl groups excluding tert-OH is 1. The Labute approximate surface area is 82.7 Å². The predicted octanol–water partition coefficient (Wildman–Crippen LogP) is 0.440. The van der Waals surface area contributed by atoms with Crippen molar-refractivity contribution in [3.05, 3.63) is 24.3 Å². The van der Waals surface area contributed by atoms with Gasteiger partial charge in [-0.05, 0) is 12.1 Å². The third-order valence-corrected chi connectivity index (χ3v) is 2.35. The van der Waals surface area contributed by atoms with Crippen LogP contribution in [0.15, 0.2) is 24.3 Å². The number of aliphatic hydroxyl groups is 1. The van der Waals surface area contributed by atoms with E-state index in [1.165, 1.54) is 0 Å². The molecule has 4 heteroatoms. The third-order valence-electron chi connectivity index (χ3n) is 2.35. The average molecular weight is 194 g/mol. The van der Waals surface area contributed by atoms with Crippen LogP contribution in [-0.4, -0.2) is 30.5 Å². The zero-order valence-electron chi connectivity index (χ0n) is 7.81. The number of nitrogen functional groups attached to an aromatic ring is 1. The summed E-state index contributed by atoms with van der Waals surface area (Å²) in [5, 5.41) is 12.7. The molecule has 4 N–H and O–H groups in total. The van der Waals surface area contributed by atoms with Gasteiger partial charge in [-0.2, -0.15) is 0 Å². The molecular formula is C10H14N2O2. The van der Waals surface area contributed by atoms with Gasteiger partial charge in [0, 0.05) is 0 Å². The minimum atomic E-state index is -0.449. The van der Waals surface area contributed by atoms with Gasteiger partial charge in [0.2, 0.25) is 0 Å². The monoisotopic (exact) mass is 194 g/mol. The van der Waals surface area contributed by atoms with E-state index in [2.05, 4.69) is 5.32 Å². The van der Waals surface area contributed by atoms with E-state index in [-0.39, 0.29) is 6.04 Å². The van der Waals surface area contributed by atoms with Crippen molar-refractivity contribution in [2.45, 2.75) is 12.1 Å². The zero-order chi connectivity index (χ0) is 9.97. The standard InChI is InChI=1S/C10H14N2O2/c11-7-3-1-2-4-8(7)12-9-5-14-6-10(9)13/h1-4,9-10,12-13H,5-6,11H2. The summed E-state index contributed by atoms with van der Waals surface area (Å²) in [6, 6.07) is 7.44. The number of rotatable bonds is 2. The first kappa shape index (κ1) is 9.30. The molecule has 1 aromatic carbocycles. The highest BCUT2D eigenvalue weighted by molar-refractivity contribution is 5.66. The lowest BCUT2D eigenvalue weighted by atomic mass is 10.2. The van der Waals surface area contributed by atoms with Gasteiger partial charge in [-0.1, -0.05) is 12.1 Å². The van der Waals surface area contributed by atoms with Gasteiger partial charge in [-0.25, -0.2) is 0 Å². The summed E-state index contributed by atoms with van der Waals surface area (Å²) in [6.45, 7) is 0.917. The quantitative estimate of drug-likeness (QED) is 0.598. The molecule has 2 unspecified atom stereocenters. The molecule has 4 nitrogen and oxygen atoms in total. The fourth-order valence-electron chi connectivity index (χ4n) is 1.51. The van der Waals surface area contributed by atoms with Crippen LogP contribution in [0.2, 0.25) is 0 Å². The van der Waals surface area contributed by atoms with Crippen LogP contribution < -0.4 is 11.1 Å². The molecule has 2 atom stereocenters. The summed E-state index contributed by atoms with van der Waals surface area (Å²) in [6.07, 6.45) is -0.449. The Bertz CT molecular complexity index is 317. The zero-order valence-corrected chi connectivity index (χ0v) is 7.81. The van der Waals surface area contributed by atoms with Gasteiger partial charge in [0.05, 0.1) is 36.7 Å². The van der Waals surface area contributed by atoms with Crippen LogP contribution in [0.4, 0.5) is 11.4 Å². The van der Waals surface area contributed by atoms with Crippen LogP contribution >= 0.6 is 0 Å². The largest absolute Gasteiger partial charge is 0.397 e. The van der Waals surface area contributed by atoms with E-state index in [9.17, 15) is 5.11 Å². The molecule has 0 aromatic heterocycles. The Hall–Kier alpha value is -1.26. The van der Waals surface area contributed by atoms with Gasteiger partial charge in [0.1, 0.15) is 0 Å². The second-order valence-electron chi connectivity index (χ2n) is 3.44. The SMILES string of the molecule is Nc1ccccc1NC1COCC1O.